The molecular formula is C13H9ClN2O. The highest BCUT2D eigenvalue weighted by Gasteiger charge is 2.18. The number of hydrogen-bond acceptors (Lipinski definition) is 3. The molecule has 1 heterocycles. The molecule has 0 aliphatic rings. The van der Waals surface area contributed by atoms with E-state index in [9.17, 15) is 10.4 Å². The summed E-state index contributed by atoms with van der Waals surface area (Å²) in [5.74, 6) is -0.568. The van der Waals surface area contributed by atoms with Crippen LogP contribution in [0.1, 0.15) is 17.2 Å². The van der Waals surface area contributed by atoms with Gasteiger partial charge in [-0.05, 0) is 30.3 Å². The minimum absolute atomic E-state index is 0.0478. The van der Waals surface area contributed by atoms with Crippen molar-refractivity contribution in [2.45, 2.75) is 5.92 Å². The van der Waals surface area contributed by atoms with Gasteiger partial charge in [-0.3, -0.25) is 4.98 Å². The van der Waals surface area contributed by atoms with Gasteiger partial charge in [0, 0.05) is 16.8 Å². The van der Waals surface area contributed by atoms with Gasteiger partial charge in [0.25, 0.3) is 0 Å². The van der Waals surface area contributed by atoms with Gasteiger partial charge in [-0.25, -0.2) is 0 Å². The number of aromatic hydroxyl groups is 1. The van der Waals surface area contributed by atoms with E-state index in [2.05, 4.69) is 11.1 Å². The van der Waals surface area contributed by atoms with E-state index in [0.717, 1.165) is 0 Å². The van der Waals surface area contributed by atoms with E-state index in [4.69, 9.17) is 11.6 Å². The molecule has 0 radical (unpaired) electrons. The van der Waals surface area contributed by atoms with Gasteiger partial charge in [-0.2, -0.15) is 5.26 Å². The molecule has 4 heteroatoms. The van der Waals surface area contributed by atoms with Crippen LogP contribution in [-0.2, 0) is 0 Å². The Morgan fingerprint density at radius 2 is 2.12 bits per heavy atom. The van der Waals surface area contributed by atoms with Crippen LogP contribution in [0.4, 0.5) is 0 Å². The van der Waals surface area contributed by atoms with Crippen LogP contribution in [0, 0.1) is 11.3 Å². The number of aromatic nitrogens is 1. The predicted molar refractivity (Wildman–Crippen MR) is 64.8 cm³/mol. The van der Waals surface area contributed by atoms with Crippen molar-refractivity contribution in [3.8, 4) is 11.8 Å². The van der Waals surface area contributed by atoms with Crippen molar-refractivity contribution in [1.29, 1.82) is 5.26 Å². The first-order valence-corrected chi connectivity index (χ1v) is 5.39. The van der Waals surface area contributed by atoms with Gasteiger partial charge < -0.3 is 5.11 Å². The fourth-order valence-corrected chi connectivity index (χ4v) is 1.78. The molecule has 0 bridgehead atoms. The van der Waals surface area contributed by atoms with Crippen LogP contribution < -0.4 is 0 Å². The average Bonchev–Trinajstić information content (AvgIpc) is 2.36. The van der Waals surface area contributed by atoms with E-state index in [1.807, 2.05) is 0 Å². The molecule has 2 aromatic rings. The van der Waals surface area contributed by atoms with E-state index >= 15 is 0 Å². The second kappa shape index (κ2) is 4.86. The first kappa shape index (κ1) is 11.4. The summed E-state index contributed by atoms with van der Waals surface area (Å²) in [5.41, 5.74) is 1.06. The molecule has 17 heavy (non-hydrogen) atoms. The lowest BCUT2D eigenvalue weighted by molar-refractivity contribution is 0.467. The van der Waals surface area contributed by atoms with Gasteiger partial charge >= 0.3 is 0 Å². The van der Waals surface area contributed by atoms with Crippen LogP contribution >= 0.6 is 11.6 Å². The standard InChI is InChI=1S/C13H9ClN2O/c14-9-4-5-13(17)10(7-9)11(8-15)12-3-1-2-6-16-12/h1-7,11,17H. The van der Waals surface area contributed by atoms with E-state index in [-0.39, 0.29) is 5.75 Å². The van der Waals surface area contributed by atoms with Gasteiger partial charge in [0.05, 0.1) is 11.8 Å². The highest BCUT2D eigenvalue weighted by Crippen LogP contribution is 2.31. The van der Waals surface area contributed by atoms with E-state index in [1.165, 1.54) is 6.07 Å². The molecule has 1 aromatic heterocycles. The fraction of sp³-hybridized carbons (Fsp3) is 0.0769. The summed E-state index contributed by atoms with van der Waals surface area (Å²) < 4.78 is 0. The highest BCUT2D eigenvalue weighted by molar-refractivity contribution is 6.30. The third-order valence-electron chi connectivity index (χ3n) is 2.41. The van der Waals surface area contributed by atoms with Crippen molar-refractivity contribution in [3.63, 3.8) is 0 Å². The number of benzene rings is 1. The zero-order valence-electron chi connectivity index (χ0n) is 8.84. The zero-order valence-corrected chi connectivity index (χ0v) is 9.59. The smallest absolute Gasteiger partial charge is 0.120 e. The zero-order chi connectivity index (χ0) is 12.3. The van der Waals surface area contributed by atoms with Crippen LogP contribution in [0.15, 0.2) is 42.6 Å². The monoisotopic (exact) mass is 244 g/mol. The number of phenolic OH excluding ortho intramolecular Hbond substituents is 1. The molecule has 0 aliphatic heterocycles. The predicted octanol–water partition coefficient (Wildman–Crippen LogP) is 3.10. The third-order valence-corrected chi connectivity index (χ3v) is 2.65. The van der Waals surface area contributed by atoms with Crippen molar-refractivity contribution in [2.75, 3.05) is 0 Å². The molecule has 0 fully saturated rings. The van der Waals surface area contributed by atoms with Gasteiger partial charge in [-0.1, -0.05) is 17.7 Å². The molecule has 84 valence electrons. The fourth-order valence-electron chi connectivity index (χ4n) is 1.60. The summed E-state index contributed by atoms with van der Waals surface area (Å²) in [6.45, 7) is 0. The number of halogens is 1. The van der Waals surface area contributed by atoms with E-state index < -0.39 is 5.92 Å². The van der Waals surface area contributed by atoms with Crippen LogP contribution in [0.2, 0.25) is 5.02 Å². The third kappa shape index (κ3) is 2.38. The average molecular weight is 245 g/mol. The second-order valence-corrected chi connectivity index (χ2v) is 3.96. The topological polar surface area (TPSA) is 56.9 Å². The van der Waals surface area contributed by atoms with Crippen molar-refractivity contribution >= 4 is 11.6 Å². The summed E-state index contributed by atoms with van der Waals surface area (Å²) in [4.78, 5) is 4.12. The minimum Gasteiger partial charge on any atom is -0.508 e. The lowest BCUT2D eigenvalue weighted by Gasteiger charge is -2.10. The molecule has 1 atom stereocenters. The number of pyridine rings is 1. The Morgan fingerprint density at radius 3 is 2.76 bits per heavy atom. The van der Waals surface area contributed by atoms with Gasteiger partial charge in [0.15, 0.2) is 0 Å². The SMILES string of the molecule is N#CC(c1ccccn1)c1cc(Cl)ccc1O. The Labute approximate surface area is 104 Å². The van der Waals surface area contributed by atoms with E-state index in [0.29, 0.717) is 16.3 Å². The minimum atomic E-state index is -0.616. The summed E-state index contributed by atoms with van der Waals surface area (Å²) in [6, 6.07) is 12.1. The molecular weight excluding hydrogens is 236 g/mol. The van der Waals surface area contributed by atoms with Crippen LogP contribution in [-0.4, -0.2) is 10.1 Å². The van der Waals surface area contributed by atoms with Crippen molar-refractivity contribution in [2.24, 2.45) is 0 Å². The molecule has 0 saturated carbocycles. The summed E-state index contributed by atoms with van der Waals surface area (Å²) >= 11 is 5.86. The summed E-state index contributed by atoms with van der Waals surface area (Å²) in [6.07, 6.45) is 1.61. The Bertz CT molecular complexity index is 563. The molecule has 1 aromatic carbocycles. The Hall–Kier alpha value is -2.05. The maximum Gasteiger partial charge on any atom is 0.120 e. The van der Waals surface area contributed by atoms with E-state index in [1.54, 1.807) is 36.5 Å². The highest BCUT2D eigenvalue weighted by atomic mass is 35.5. The molecule has 0 amide bonds. The normalized spacial score (nSPS) is 11.8. The Balaban J connectivity index is 2.51. The van der Waals surface area contributed by atoms with Crippen molar-refractivity contribution < 1.29 is 5.11 Å². The number of hydrogen-bond donors (Lipinski definition) is 1. The second-order valence-electron chi connectivity index (χ2n) is 3.52. The summed E-state index contributed by atoms with van der Waals surface area (Å²) in [7, 11) is 0. The van der Waals surface area contributed by atoms with Gasteiger partial charge in [-0.15, -0.1) is 0 Å². The lowest BCUT2D eigenvalue weighted by Crippen LogP contribution is -2.01. The molecule has 0 saturated heterocycles. The molecule has 1 N–H and O–H groups in total. The maximum atomic E-state index is 9.76. The van der Waals surface area contributed by atoms with Crippen LogP contribution in [0.3, 0.4) is 0 Å². The van der Waals surface area contributed by atoms with Gasteiger partial charge in [0.2, 0.25) is 0 Å². The number of nitriles is 1. The first-order chi connectivity index (χ1) is 8.22. The molecule has 2 rings (SSSR count). The molecule has 3 nitrogen and oxygen atoms in total. The summed E-state index contributed by atoms with van der Waals surface area (Å²) in [5, 5.41) is 19.4. The number of nitrogens with zero attached hydrogens (tertiary/aromatic N) is 2. The van der Waals surface area contributed by atoms with Crippen molar-refractivity contribution in [1.82, 2.24) is 4.98 Å². The first-order valence-electron chi connectivity index (χ1n) is 5.01. The largest absolute Gasteiger partial charge is 0.508 e. The van der Waals surface area contributed by atoms with Crippen LogP contribution in [0.5, 0.6) is 5.75 Å². The van der Waals surface area contributed by atoms with Gasteiger partial charge in [0.1, 0.15) is 11.7 Å². The van der Waals surface area contributed by atoms with Crippen LogP contribution in [0.25, 0.3) is 0 Å². The van der Waals surface area contributed by atoms with Crippen molar-refractivity contribution in [3.05, 3.63) is 58.9 Å². The Morgan fingerprint density at radius 1 is 1.29 bits per heavy atom. The molecule has 0 spiro atoms. The quantitative estimate of drug-likeness (QED) is 0.883. The lowest BCUT2D eigenvalue weighted by atomic mass is 9.96. The number of phenols is 1. The Kier molecular flexibility index (Phi) is 3.27. The molecule has 1 unspecified atom stereocenters. The number of rotatable bonds is 2. The molecule has 0 aliphatic carbocycles. The maximum absolute atomic E-state index is 9.76.